The number of pyridine rings is 1. The first-order valence-corrected chi connectivity index (χ1v) is 6.16. The maximum Gasteiger partial charge on any atom is 0.309 e. The molecule has 0 atom stereocenters. The van der Waals surface area contributed by atoms with Crippen molar-refractivity contribution in [3.05, 3.63) is 46.2 Å². The Morgan fingerprint density at radius 2 is 2.29 bits per heavy atom. The van der Waals surface area contributed by atoms with E-state index in [9.17, 15) is 4.79 Å². The van der Waals surface area contributed by atoms with Gasteiger partial charge in [-0.25, -0.2) is 4.98 Å². The number of carboxylic acids is 1. The van der Waals surface area contributed by atoms with Crippen LogP contribution in [0.1, 0.15) is 16.3 Å². The van der Waals surface area contributed by atoms with Gasteiger partial charge in [0, 0.05) is 24.2 Å². The van der Waals surface area contributed by atoms with Crippen molar-refractivity contribution in [3.8, 4) is 0 Å². The second-order valence-electron chi connectivity index (χ2n) is 3.66. The monoisotopic (exact) mass is 248 g/mol. The molecule has 0 spiro atoms. The lowest BCUT2D eigenvalue weighted by Gasteiger charge is -1.97. The van der Waals surface area contributed by atoms with E-state index in [1.807, 2.05) is 23.7 Å². The number of rotatable bonds is 5. The maximum absolute atomic E-state index is 10.5. The summed E-state index contributed by atoms with van der Waals surface area (Å²) >= 11 is 1.52. The highest BCUT2D eigenvalue weighted by Crippen LogP contribution is 2.13. The topological polar surface area (TPSA) is 63.1 Å². The Balaban J connectivity index is 1.91. The number of aromatic nitrogens is 2. The number of aliphatic carboxylic acids is 1. The summed E-state index contributed by atoms with van der Waals surface area (Å²) in [6, 6.07) is 3.94. The van der Waals surface area contributed by atoms with Crippen molar-refractivity contribution in [1.82, 2.24) is 9.97 Å². The smallest absolute Gasteiger partial charge is 0.309 e. The number of thiazole rings is 1. The van der Waals surface area contributed by atoms with Gasteiger partial charge in [-0.3, -0.25) is 9.78 Å². The molecule has 88 valence electrons. The molecule has 2 rings (SSSR count). The van der Waals surface area contributed by atoms with Gasteiger partial charge < -0.3 is 5.11 Å². The van der Waals surface area contributed by atoms with E-state index in [1.165, 1.54) is 16.9 Å². The fourth-order valence-corrected chi connectivity index (χ4v) is 2.30. The van der Waals surface area contributed by atoms with E-state index < -0.39 is 5.97 Å². The molecule has 0 saturated heterocycles. The lowest BCUT2D eigenvalue weighted by Crippen LogP contribution is -2.00. The van der Waals surface area contributed by atoms with Crippen LogP contribution in [0.25, 0.3) is 0 Å². The SMILES string of the molecule is O=C(O)Cc1csc(CCc2cccnc2)n1. The van der Waals surface area contributed by atoms with Crippen LogP contribution in [0.15, 0.2) is 29.9 Å². The van der Waals surface area contributed by atoms with Crippen molar-refractivity contribution < 1.29 is 9.90 Å². The van der Waals surface area contributed by atoms with Crippen molar-refractivity contribution in [2.24, 2.45) is 0 Å². The van der Waals surface area contributed by atoms with Gasteiger partial charge in [0.1, 0.15) is 0 Å². The van der Waals surface area contributed by atoms with E-state index in [0.717, 1.165) is 17.8 Å². The van der Waals surface area contributed by atoms with Gasteiger partial charge in [0.25, 0.3) is 0 Å². The normalized spacial score (nSPS) is 10.4. The minimum absolute atomic E-state index is 0.00337. The van der Waals surface area contributed by atoms with Crippen LogP contribution in [0.5, 0.6) is 0 Å². The summed E-state index contributed by atoms with van der Waals surface area (Å²) in [5.41, 5.74) is 1.81. The second-order valence-corrected chi connectivity index (χ2v) is 4.61. The number of hydrogen-bond acceptors (Lipinski definition) is 4. The van der Waals surface area contributed by atoms with E-state index in [1.54, 1.807) is 6.20 Å². The molecule has 5 heteroatoms. The Morgan fingerprint density at radius 1 is 1.41 bits per heavy atom. The molecule has 17 heavy (non-hydrogen) atoms. The highest BCUT2D eigenvalue weighted by atomic mass is 32.1. The Morgan fingerprint density at radius 3 is 3.00 bits per heavy atom. The maximum atomic E-state index is 10.5. The predicted octanol–water partition coefficient (Wildman–Crippen LogP) is 1.95. The molecular formula is C12H12N2O2S. The molecule has 0 aromatic carbocycles. The van der Waals surface area contributed by atoms with Gasteiger partial charge in [-0.15, -0.1) is 11.3 Å². The summed E-state index contributed by atoms with van der Waals surface area (Å²) in [6.07, 6.45) is 5.30. The van der Waals surface area contributed by atoms with Crippen molar-refractivity contribution in [2.75, 3.05) is 0 Å². The van der Waals surface area contributed by atoms with Crippen molar-refractivity contribution in [1.29, 1.82) is 0 Å². The largest absolute Gasteiger partial charge is 0.481 e. The number of hydrogen-bond donors (Lipinski definition) is 1. The molecule has 2 aromatic rings. The molecule has 0 amide bonds. The van der Waals surface area contributed by atoms with Gasteiger partial charge in [0.2, 0.25) is 0 Å². The number of nitrogens with zero attached hydrogens (tertiary/aromatic N) is 2. The third-order valence-corrected chi connectivity index (χ3v) is 3.24. The molecule has 0 fully saturated rings. The molecule has 2 aromatic heterocycles. The van der Waals surface area contributed by atoms with Gasteiger partial charge in [0.15, 0.2) is 0 Å². The third-order valence-electron chi connectivity index (χ3n) is 2.28. The fraction of sp³-hybridized carbons (Fsp3) is 0.250. The minimum atomic E-state index is -0.839. The van der Waals surface area contributed by atoms with Crippen LogP contribution in [-0.4, -0.2) is 21.0 Å². The van der Waals surface area contributed by atoms with Crippen LogP contribution in [0.3, 0.4) is 0 Å². The zero-order valence-corrected chi connectivity index (χ0v) is 9.98. The standard InChI is InChI=1S/C12H12N2O2S/c15-12(16)6-10-8-17-11(14-10)4-3-9-2-1-5-13-7-9/h1-2,5,7-8H,3-4,6H2,(H,15,16). The second kappa shape index (κ2) is 5.54. The third kappa shape index (κ3) is 3.64. The molecule has 0 aliphatic rings. The van der Waals surface area contributed by atoms with Crippen LogP contribution in [-0.2, 0) is 24.1 Å². The van der Waals surface area contributed by atoms with Crippen LogP contribution >= 0.6 is 11.3 Å². The Kier molecular flexibility index (Phi) is 3.82. The van der Waals surface area contributed by atoms with E-state index in [2.05, 4.69) is 9.97 Å². The summed E-state index contributed by atoms with van der Waals surface area (Å²) in [5, 5.41) is 11.4. The first-order chi connectivity index (χ1) is 8.24. The molecule has 1 N–H and O–H groups in total. The summed E-state index contributed by atoms with van der Waals surface area (Å²) in [7, 11) is 0. The summed E-state index contributed by atoms with van der Waals surface area (Å²) in [5.74, 6) is -0.839. The van der Waals surface area contributed by atoms with Crippen LogP contribution < -0.4 is 0 Å². The molecule has 0 radical (unpaired) electrons. The molecule has 0 bridgehead atoms. The van der Waals surface area contributed by atoms with Gasteiger partial charge in [-0.05, 0) is 18.1 Å². The van der Waals surface area contributed by atoms with E-state index in [4.69, 9.17) is 5.11 Å². The fourth-order valence-electron chi connectivity index (χ4n) is 1.50. The van der Waals surface area contributed by atoms with E-state index >= 15 is 0 Å². The molecule has 0 aliphatic carbocycles. The molecule has 4 nitrogen and oxygen atoms in total. The predicted molar refractivity (Wildman–Crippen MR) is 65.1 cm³/mol. The zero-order chi connectivity index (χ0) is 12.1. The highest BCUT2D eigenvalue weighted by molar-refractivity contribution is 7.09. The van der Waals surface area contributed by atoms with E-state index in [0.29, 0.717) is 5.69 Å². The van der Waals surface area contributed by atoms with Gasteiger partial charge in [0.05, 0.1) is 17.1 Å². The van der Waals surface area contributed by atoms with Crippen molar-refractivity contribution >= 4 is 17.3 Å². The summed E-state index contributed by atoms with van der Waals surface area (Å²) < 4.78 is 0. The van der Waals surface area contributed by atoms with Crippen molar-refractivity contribution in [2.45, 2.75) is 19.3 Å². The van der Waals surface area contributed by atoms with Crippen LogP contribution in [0.2, 0.25) is 0 Å². The average molecular weight is 248 g/mol. The van der Waals surface area contributed by atoms with Crippen LogP contribution in [0.4, 0.5) is 0 Å². The van der Waals surface area contributed by atoms with Gasteiger partial charge >= 0.3 is 5.97 Å². The Labute approximate surface area is 103 Å². The first kappa shape index (κ1) is 11.7. The highest BCUT2D eigenvalue weighted by Gasteiger charge is 2.06. The molecule has 2 heterocycles. The van der Waals surface area contributed by atoms with Crippen molar-refractivity contribution in [3.63, 3.8) is 0 Å². The molecular weight excluding hydrogens is 236 g/mol. The number of carbonyl (C=O) groups is 1. The first-order valence-electron chi connectivity index (χ1n) is 5.28. The summed E-state index contributed by atoms with van der Waals surface area (Å²) in [6.45, 7) is 0. The summed E-state index contributed by atoms with van der Waals surface area (Å²) in [4.78, 5) is 18.8. The quantitative estimate of drug-likeness (QED) is 0.878. The lowest BCUT2D eigenvalue weighted by atomic mass is 10.2. The average Bonchev–Trinajstić information content (AvgIpc) is 2.75. The van der Waals surface area contributed by atoms with Gasteiger partial charge in [-0.1, -0.05) is 6.07 Å². The van der Waals surface area contributed by atoms with Crippen LogP contribution in [0, 0.1) is 0 Å². The molecule has 0 unspecified atom stereocenters. The minimum Gasteiger partial charge on any atom is -0.481 e. The molecule has 0 aliphatic heterocycles. The number of carboxylic acid groups (broad SMARTS) is 1. The van der Waals surface area contributed by atoms with Gasteiger partial charge in [-0.2, -0.15) is 0 Å². The molecule has 0 saturated carbocycles. The Bertz CT molecular complexity index is 496. The number of aryl methyl sites for hydroxylation is 2. The lowest BCUT2D eigenvalue weighted by molar-refractivity contribution is -0.136. The Hall–Kier alpha value is -1.75. The van der Waals surface area contributed by atoms with E-state index in [-0.39, 0.29) is 6.42 Å². The zero-order valence-electron chi connectivity index (χ0n) is 9.17.